The summed E-state index contributed by atoms with van der Waals surface area (Å²) in [5, 5.41) is 4.64. The molecule has 0 aromatic heterocycles. The molecule has 0 aliphatic heterocycles. The minimum Gasteiger partial charge on any atom is -0.490 e. The van der Waals surface area contributed by atoms with Gasteiger partial charge in [-0.2, -0.15) is 0 Å². The molecule has 0 radical (unpaired) electrons. The van der Waals surface area contributed by atoms with E-state index >= 15 is 0 Å². The molecule has 124 valence electrons. The lowest BCUT2D eigenvalue weighted by Gasteiger charge is -2.15. The Bertz CT molecular complexity index is 674. The average molecular weight is 354 g/mol. The lowest BCUT2D eigenvalue weighted by atomic mass is 10.1. The van der Waals surface area contributed by atoms with E-state index in [4.69, 9.17) is 32.7 Å². The molecule has 0 spiro atoms. The van der Waals surface area contributed by atoms with Gasteiger partial charge in [0.1, 0.15) is 0 Å². The van der Waals surface area contributed by atoms with Crippen LogP contribution in [0.4, 0.5) is 5.69 Å². The number of hydrogen-bond acceptors (Lipinski definition) is 3. The van der Waals surface area contributed by atoms with Crippen LogP contribution in [0.25, 0.3) is 0 Å². The second kappa shape index (κ2) is 8.32. The van der Waals surface area contributed by atoms with Gasteiger partial charge in [-0.3, -0.25) is 0 Å². The molecule has 2 aromatic carbocycles. The van der Waals surface area contributed by atoms with Gasteiger partial charge >= 0.3 is 0 Å². The van der Waals surface area contributed by atoms with Crippen molar-refractivity contribution in [3.05, 3.63) is 51.5 Å². The third kappa shape index (κ3) is 4.69. The van der Waals surface area contributed by atoms with Crippen LogP contribution in [0, 0.1) is 6.92 Å². The van der Waals surface area contributed by atoms with Crippen LogP contribution >= 0.6 is 23.2 Å². The Balaban J connectivity index is 2.21. The van der Waals surface area contributed by atoms with E-state index in [-0.39, 0.29) is 0 Å². The molecule has 0 aliphatic carbocycles. The fourth-order valence-electron chi connectivity index (χ4n) is 2.25. The van der Waals surface area contributed by atoms with Crippen LogP contribution in [0.15, 0.2) is 30.3 Å². The van der Waals surface area contributed by atoms with E-state index in [1.807, 2.05) is 51.1 Å². The van der Waals surface area contributed by atoms with E-state index in [0.29, 0.717) is 41.3 Å². The number of nitrogens with one attached hydrogen (secondary N) is 1. The van der Waals surface area contributed by atoms with Crippen molar-refractivity contribution in [3.63, 3.8) is 0 Å². The quantitative estimate of drug-likeness (QED) is 0.691. The first kappa shape index (κ1) is 17.8. The van der Waals surface area contributed by atoms with Crippen LogP contribution in [-0.2, 0) is 6.54 Å². The Hall–Kier alpha value is -1.58. The Morgan fingerprint density at radius 3 is 2.43 bits per heavy atom. The predicted molar refractivity (Wildman–Crippen MR) is 97.3 cm³/mol. The van der Waals surface area contributed by atoms with Crippen LogP contribution in [-0.4, -0.2) is 13.2 Å². The zero-order valence-electron chi connectivity index (χ0n) is 13.6. The summed E-state index contributed by atoms with van der Waals surface area (Å²) in [5.74, 6) is 1.26. The number of hydrogen-bond donors (Lipinski definition) is 1. The molecule has 23 heavy (non-hydrogen) atoms. The van der Waals surface area contributed by atoms with Crippen molar-refractivity contribution in [1.82, 2.24) is 0 Å². The van der Waals surface area contributed by atoms with E-state index in [2.05, 4.69) is 5.32 Å². The fourth-order valence-corrected chi connectivity index (χ4v) is 2.71. The molecule has 0 amide bonds. The highest BCUT2D eigenvalue weighted by atomic mass is 35.5. The van der Waals surface area contributed by atoms with Gasteiger partial charge in [0, 0.05) is 17.3 Å². The summed E-state index contributed by atoms with van der Waals surface area (Å²) in [6.07, 6.45) is 0. The Kier molecular flexibility index (Phi) is 6.43. The summed E-state index contributed by atoms with van der Waals surface area (Å²) in [6, 6.07) is 9.62. The van der Waals surface area contributed by atoms with Crippen LogP contribution in [0.2, 0.25) is 10.0 Å². The van der Waals surface area contributed by atoms with Gasteiger partial charge in [-0.1, -0.05) is 29.3 Å². The van der Waals surface area contributed by atoms with Gasteiger partial charge in [-0.25, -0.2) is 0 Å². The molecule has 5 heteroatoms. The number of benzene rings is 2. The van der Waals surface area contributed by atoms with Crippen molar-refractivity contribution in [3.8, 4) is 11.5 Å². The molecule has 0 atom stereocenters. The van der Waals surface area contributed by atoms with E-state index in [0.717, 1.165) is 16.8 Å². The minimum absolute atomic E-state index is 0.541. The van der Waals surface area contributed by atoms with Crippen molar-refractivity contribution in [1.29, 1.82) is 0 Å². The largest absolute Gasteiger partial charge is 0.490 e. The van der Waals surface area contributed by atoms with Gasteiger partial charge in [0.05, 0.1) is 18.2 Å². The third-order valence-corrected chi connectivity index (χ3v) is 3.86. The Morgan fingerprint density at radius 2 is 1.74 bits per heavy atom. The van der Waals surface area contributed by atoms with Crippen LogP contribution in [0.1, 0.15) is 25.0 Å². The second-order valence-electron chi connectivity index (χ2n) is 5.08. The van der Waals surface area contributed by atoms with Crippen LogP contribution < -0.4 is 14.8 Å². The lowest BCUT2D eigenvalue weighted by Crippen LogP contribution is -2.04. The highest BCUT2D eigenvalue weighted by Gasteiger charge is 2.12. The van der Waals surface area contributed by atoms with Gasteiger partial charge in [-0.15, -0.1) is 0 Å². The molecule has 0 saturated carbocycles. The summed E-state index contributed by atoms with van der Waals surface area (Å²) >= 11 is 12.4. The number of ether oxygens (including phenoxy) is 2. The molecule has 0 heterocycles. The van der Waals surface area contributed by atoms with Crippen molar-refractivity contribution in [2.24, 2.45) is 0 Å². The standard InChI is InChI=1S/C18H21Cl2NO2/c1-4-22-17-9-13(8-15(20)18(17)23-5-2)11-21-16-10-14(19)7-6-12(16)3/h6-10,21H,4-5,11H2,1-3H3. The maximum absolute atomic E-state index is 6.33. The molecule has 2 rings (SSSR count). The molecular formula is C18H21Cl2NO2. The van der Waals surface area contributed by atoms with Gasteiger partial charge in [0.15, 0.2) is 11.5 Å². The van der Waals surface area contributed by atoms with Crippen molar-refractivity contribution >= 4 is 28.9 Å². The second-order valence-corrected chi connectivity index (χ2v) is 5.93. The first-order chi connectivity index (χ1) is 11.0. The predicted octanol–water partition coefficient (Wildman–Crippen LogP) is 5.71. The summed E-state index contributed by atoms with van der Waals surface area (Å²) in [7, 11) is 0. The topological polar surface area (TPSA) is 30.5 Å². The molecule has 0 fully saturated rings. The van der Waals surface area contributed by atoms with Crippen LogP contribution in [0.3, 0.4) is 0 Å². The van der Waals surface area contributed by atoms with Crippen molar-refractivity contribution in [2.45, 2.75) is 27.3 Å². The fraction of sp³-hybridized carbons (Fsp3) is 0.333. The SMILES string of the molecule is CCOc1cc(CNc2cc(Cl)ccc2C)cc(Cl)c1OCC. The zero-order chi connectivity index (χ0) is 16.8. The lowest BCUT2D eigenvalue weighted by molar-refractivity contribution is 0.287. The summed E-state index contributed by atoms with van der Waals surface area (Å²) in [5.41, 5.74) is 3.15. The monoisotopic (exact) mass is 353 g/mol. The molecule has 3 nitrogen and oxygen atoms in total. The highest BCUT2D eigenvalue weighted by molar-refractivity contribution is 6.32. The van der Waals surface area contributed by atoms with Crippen molar-refractivity contribution in [2.75, 3.05) is 18.5 Å². The van der Waals surface area contributed by atoms with Gasteiger partial charge in [-0.05, 0) is 56.2 Å². The molecule has 0 saturated heterocycles. The summed E-state index contributed by atoms with van der Waals surface area (Å²) in [4.78, 5) is 0. The molecule has 0 unspecified atom stereocenters. The van der Waals surface area contributed by atoms with Gasteiger partial charge in [0.25, 0.3) is 0 Å². The van der Waals surface area contributed by atoms with Crippen LogP contribution in [0.5, 0.6) is 11.5 Å². The van der Waals surface area contributed by atoms with E-state index in [9.17, 15) is 0 Å². The highest BCUT2D eigenvalue weighted by Crippen LogP contribution is 2.37. The zero-order valence-corrected chi connectivity index (χ0v) is 15.1. The first-order valence-corrected chi connectivity index (χ1v) is 8.38. The normalized spacial score (nSPS) is 10.5. The smallest absolute Gasteiger partial charge is 0.179 e. The van der Waals surface area contributed by atoms with E-state index < -0.39 is 0 Å². The van der Waals surface area contributed by atoms with Gasteiger partial charge < -0.3 is 14.8 Å². The maximum atomic E-state index is 6.33. The van der Waals surface area contributed by atoms with Gasteiger partial charge in [0.2, 0.25) is 0 Å². The Morgan fingerprint density at radius 1 is 1.00 bits per heavy atom. The Labute approximate surface area is 147 Å². The number of halogens is 2. The molecule has 1 N–H and O–H groups in total. The third-order valence-electron chi connectivity index (χ3n) is 3.34. The molecule has 0 bridgehead atoms. The number of anilines is 1. The van der Waals surface area contributed by atoms with E-state index in [1.165, 1.54) is 0 Å². The molecular weight excluding hydrogens is 333 g/mol. The van der Waals surface area contributed by atoms with Crippen molar-refractivity contribution < 1.29 is 9.47 Å². The summed E-state index contributed by atoms with van der Waals surface area (Å²) < 4.78 is 11.2. The average Bonchev–Trinajstić information content (AvgIpc) is 2.52. The first-order valence-electron chi connectivity index (χ1n) is 7.63. The maximum Gasteiger partial charge on any atom is 0.179 e. The molecule has 2 aromatic rings. The molecule has 0 aliphatic rings. The summed E-state index contributed by atoms with van der Waals surface area (Å²) in [6.45, 7) is 7.61. The number of rotatable bonds is 7. The number of aryl methyl sites for hydroxylation is 1. The minimum atomic E-state index is 0.541. The van der Waals surface area contributed by atoms with E-state index in [1.54, 1.807) is 0 Å².